The molecule has 0 radical (unpaired) electrons. The van der Waals surface area contributed by atoms with E-state index in [1.54, 1.807) is 0 Å². The summed E-state index contributed by atoms with van der Waals surface area (Å²) < 4.78 is 8.07. The topological polar surface area (TPSA) is 52.0 Å². The Labute approximate surface area is 118 Å². The molecule has 2 aromatic rings. The lowest BCUT2D eigenvalue weighted by atomic mass is 10.2. The van der Waals surface area contributed by atoms with Crippen LogP contribution in [0.5, 0.6) is 0 Å². The van der Waals surface area contributed by atoms with Crippen molar-refractivity contribution in [3.8, 4) is 0 Å². The predicted octanol–water partition coefficient (Wildman–Crippen LogP) is 2.03. The molecule has 4 heterocycles. The maximum Gasteiger partial charge on any atom is 0.161 e. The number of hydrogen-bond acceptors (Lipinski definition) is 4. The number of pyridine rings is 1. The Morgan fingerprint density at radius 3 is 3.15 bits per heavy atom. The Hall–Kier alpha value is -1.46. The van der Waals surface area contributed by atoms with E-state index in [-0.39, 0.29) is 0 Å². The molecule has 106 valence electrons. The minimum Gasteiger partial charge on any atom is -0.378 e. The number of imidazole rings is 1. The van der Waals surface area contributed by atoms with Gasteiger partial charge in [0.15, 0.2) is 5.65 Å². The van der Waals surface area contributed by atoms with Gasteiger partial charge in [0.2, 0.25) is 0 Å². The molecule has 2 atom stereocenters. The second-order valence-corrected chi connectivity index (χ2v) is 5.70. The highest BCUT2D eigenvalue weighted by Gasteiger charge is 2.25. The van der Waals surface area contributed by atoms with Gasteiger partial charge in [-0.05, 0) is 44.4 Å². The zero-order chi connectivity index (χ0) is 13.4. The normalized spacial score (nSPS) is 26.6. The lowest BCUT2D eigenvalue weighted by Gasteiger charge is -2.17. The summed E-state index contributed by atoms with van der Waals surface area (Å²) in [4.78, 5) is 9.34. The van der Waals surface area contributed by atoms with Crippen LogP contribution in [0.4, 0.5) is 0 Å². The zero-order valence-corrected chi connectivity index (χ0v) is 11.6. The first-order valence-corrected chi connectivity index (χ1v) is 7.58. The highest BCUT2D eigenvalue weighted by Crippen LogP contribution is 2.26. The van der Waals surface area contributed by atoms with Gasteiger partial charge in [-0.15, -0.1) is 0 Å². The van der Waals surface area contributed by atoms with Gasteiger partial charge in [-0.25, -0.2) is 9.97 Å². The van der Waals surface area contributed by atoms with Crippen LogP contribution in [0, 0.1) is 0 Å². The van der Waals surface area contributed by atoms with E-state index in [1.807, 2.05) is 18.3 Å². The molecule has 2 unspecified atom stereocenters. The van der Waals surface area contributed by atoms with Gasteiger partial charge >= 0.3 is 0 Å². The molecule has 2 fully saturated rings. The van der Waals surface area contributed by atoms with Crippen molar-refractivity contribution in [2.75, 3.05) is 13.2 Å². The highest BCUT2D eigenvalue weighted by atomic mass is 16.5. The van der Waals surface area contributed by atoms with Crippen molar-refractivity contribution in [3.05, 3.63) is 24.2 Å². The summed E-state index contributed by atoms with van der Waals surface area (Å²) in [7, 11) is 0. The molecular weight excluding hydrogens is 252 g/mol. The molecule has 2 aromatic heterocycles. The summed E-state index contributed by atoms with van der Waals surface area (Å²) in [5, 5.41) is 3.56. The van der Waals surface area contributed by atoms with Gasteiger partial charge in [-0.1, -0.05) is 0 Å². The van der Waals surface area contributed by atoms with Gasteiger partial charge in [0, 0.05) is 19.2 Å². The molecule has 2 saturated heterocycles. The minimum absolute atomic E-state index is 0.326. The number of fused-ring (bicyclic) bond motifs is 1. The summed E-state index contributed by atoms with van der Waals surface area (Å²) >= 11 is 0. The summed E-state index contributed by atoms with van der Waals surface area (Å²) in [6, 6.07) is 4.00. The Kier molecular flexibility index (Phi) is 3.16. The summed E-state index contributed by atoms with van der Waals surface area (Å²) in [6.07, 6.45) is 8.11. The molecular formula is C15H20N4O. The fraction of sp³-hybridized carbons (Fsp3) is 0.600. The molecule has 2 aliphatic heterocycles. The van der Waals surface area contributed by atoms with Crippen LogP contribution in [-0.4, -0.2) is 33.8 Å². The van der Waals surface area contributed by atoms with E-state index >= 15 is 0 Å². The number of aromatic nitrogens is 3. The molecule has 1 N–H and O–H groups in total. The van der Waals surface area contributed by atoms with Crippen LogP contribution in [0.25, 0.3) is 11.2 Å². The van der Waals surface area contributed by atoms with Crippen molar-refractivity contribution in [2.24, 2.45) is 0 Å². The van der Waals surface area contributed by atoms with E-state index in [4.69, 9.17) is 9.72 Å². The second-order valence-electron chi connectivity index (χ2n) is 5.70. The van der Waals surface area contributed by atoms with Gasteiger partial charge in [0.25, 0.3) is 0 Å². The van der Waals surface area contributed by atoms with E-state index in [0.29, 0.717) is 12.3 Å². The summed E-state index contributed by atoms with van der Waals surface area (Å²) in [5.41, 5.74) is 1.99. The van der Waals surface area contributed by atoms with Crippen LogP contribution in [0.3, 0.4) is 0 Å². The van der Waals surface area contributed by atoms with Crippen LogP contribution in [-0.2, 0) is 11.2 Å². The third-order valence-corrected chi connectivity index (χ3v) is 4.30. The lowest BCUT2D eigenvalue weighted by Crippen LogP contribution is -2.24. The molecule has 0 aliphatic carbocycles. The molecule has 2 aliphatic rings. The SMILES string of the molecule is c1cnc2c(c1)nc(CC1CCCO1)n2C1CCCN1. The fourth-order valence-electron chi connectivity index (χ4n) is 3.34. The van der Waals surface area contributed by atoms with E-state index in [2.05, 4.69) is 14.9 Å². The van der Waals surface area contributed by atoms with Crippen molar-refractivity contribution < 1.29 is 4.74 Å². The summed E-state index contributed by atoms with van der Waals surface area (Å²) in [6.45, 7) is 1.97. The smallest absolute Gasteiger partial charge is 0.161 e. The first kappa shape index (κ1) is 12.3. The average Bonchev–Trinajstić information content (AvgIpc) is 3.18. The first-order valence-electron chi connectivity index (χ1n) is 7.58. The van der Waals surface area contributed by atoms with Gasteiger partial charge < -0.3 is 4.74 Å². The minimum atomic E-state index is 0.326. The fourth-order valence-corrected chi connectivity index (χ4v) is 3.34. The van der Waals surface area contributed by atoms with Crippen LogP contribution >= 0.6 is 0 Å². The van der Waals surface area contributed by atoms with Crippen molar-refractivity contribution in [1.82, 2.24) is 19.9 Å². The maximum absolute atomic E-state index is 5.78. The number of nitrogens with zero attached hydrogens (tertiary/aromatic N) is 3. The molecule has 0 bridgehead atoms. The largest absolute Gasteiger partial charge is 0.378 e. The molecule has 5 nitrogen and oxygen atoms in total. The Morgan fingerprint density at radius 1 is 1.35 bits per heavy atom. The number of rotatable bonds is 3. The van der Waals surface area contributed by atoms with Crippen molar-refractivity contribution in [3.63, 3.8) is 0 Å². The third-order valence-electron chi connectivity index (χ3n) is 4.30. The third kappa shape index (κ3) is 2.11. The van der Waals surface area contributed by atoms with Crippen LogP contribution in [0.2, 0.25) is 0 Å². The van der Waals surface area contributed by atoms with E-state index in [0.717, 1.165) is 49.4 Å². The molecule has 5 heteroatoms. The van der Waals surface area contributed by atoms with Gasteiger partial charge in [0.1, 0.15) is 11.3 Å². The molecule has 0 amide bonds. The summed E-state index contributed by atoms with van der Waals surface area (Å²) in [5.74, 6) is 1.12. The quantitative estimate of drug-likeness (QED) is 0.929. The van der Waals surface area contributed by atoms with Crippen molar-refractivity contribution in [1.29, 1.82) is 0 Å². The predicted molar refractivity (Wildman–Crippen MR) is 76.5 cm³/mol. The van der Waals surface area contributed by atoms with Crippen molar-refractivity contribution in [2.45, 2.75) is 44.4 Å². The number of hydrogen-bond donors (Lipinski definition) is 1. The molecule has 0 aromatic carbocycles. The molecule has 20 heavy (non-hydrogen) atoms. The number of ether oxygens (including phenoxy) is 1. The van der Waals surface area contributed by atoms with Crippen LogP contribution in [0.15, 0.2) is 18.3 Å². The molecule has 0 spiro atoms. The van der Waals surface area contributed by atoms with E-state index < -0.39 is 0 Å². The first-order chi connectivity index (χ1) is 9.92. The van der Waals surface area contributed by atoms with Gasteiger partial charge in [0.05, 0.1) is 12.3 Å². The van der Waals surface area contributed by atoms with E-state index in [9.17, 15) is 0 Å². The van der Waals surface area contributed by atoms with Crippen LogP contribution in [0.1, 0.15) is 37.7 Å². The van der Waals surface area contributed by atoms with Gasteiger partial charge in [-0.2, -0.15) is 0 Å². The number of nitrogens with one attached hydrogen (secondary N) is 1. The second kappa shape index (κ2) is 5.14. The average molecular weight is 272 g/mol. The monoisotopic (exact) mass is 272 g/mol. The molecule has 4 rings (SSSR count). The lowest BCUT2D eigenvalue weighted by molar-refractivity contribution is 0.108. The van der Waals surface area contributed by atoms with Crippen molar-refractivity contribution >= 4 is 11.2 Å². The maximum atomic E-state index is 5.78. The van der Waals surface area contributed by atoms with E-state index in [1.165, 1.54) is 12.8 Å². The van der Waals surface area contributed by atoms with Crippen LogP contribution < -0.4 is 5.32 Å². The Morgan fingerprint density at radius 2 is 2.35 bits per heavy atom. The molecule has 0 saturated carbocycles. The zero-order valence-electron chi connectivity index (χ0n) is 11.6. The highest BCUT2D eigenvalue weighted by molar-refractivity contribution is 5.71. The van der Waals surface area contributed by atoms with Gasteiger partial charge in [-0.3, -0.25) is 9.88 Å². The Balaban J connectivity index is 1.74. The Bertz CT molecular complexity index is 597. The standard InChI is InChI=1S/C15H20N4O/c1-5-12-15(17-8-1)19(13-6-2-7-16-13)14(18-12)10-11-4-3-9-20-11/h1,5,8,11,13,16H,2-4,6-7,9-10H2.